The fourth-order valence-electron chi connectivity index (χ4n) is 2.94. The molecule has 2 aromatic carbocycles. The maximum Gasteiger partial charge on any atom is 0.253 e. The number of hydrogen-bond acceptors (Lipinski definition) is 3. The first kappa shape index (κ1) is 23.9. The number of amides is 1. The van der Waals surface area contributed by atoms with Gasteiger partial charge in [0.1, 0.15) is 5.82 Å². The third kappa shape index (κ3) is 5.69. The molecule has 0 unspecified atom stereocenters. The Hall–Kier alpha value is -2.12. The van der Waals surface area contributed by atoms with Gasteiger partial charge in [0.25, 0.3) is 5.91 Å². The topological polar surface area (TPSA) is 96.9 Å². The summed E-state index contributed by atoms with van der Waals surface area (Å²) in [6.45, 7) is 1.01. The summed E-state index contributed by atoms with van der Waals surface area (Å²) in [5.74, 6) is -0.424. The van der Waals surface area contributed by atoms with Crippen LogP contribution in [0.2, 0.25) is 0 Å². The summed E-state index contributed by atoms with van der Waals surface area (Å²) < 4.78 is 13.1. The molecule has 0 radical (unpaired) electrons. The van der Waals surface area contributed by atoms with E-state index >= 15 is 0 Å². The van der Waals surface area contributed by atoms with E-state index in [4.69, 9.17) is 11.5 Å². The molecule has 0 aliphatic carbocycles. The molecule has 6 N–H and O–H groups in total. The molecule has 0 spiro atoms. The van der Waals surface area contributed by atoms with E-state index < -0.39 is 0 Å². The van der Waals surface area contributed by atoms with Crippen molar-refractivity contribution < 1.29 is 9.18 Å². The van der Waals surface area contributed by atoms with Gasteiger partial charge in [0.2, 0.25) is 0 Å². The van der Waals surface area contributed by atoms with Gasteiger partial charge in [0, 0.05) is 29.7 Å². The number of rotatable bonds is 7. The van der Waals surface area contributed by atoms with E-state index in [1.807, 2.05) is 18.2 Å². The molecule has 0 aliphatic heterocycles. The van der Waals surface area contributed by atoms with Gasteiger partial charge in [-0.25, -0.2) is 4.39 Å². The zero-order chi connectivity index (χ0) is 18.5. The first-order valence-electron chi connectivity index (χ1n) is 8.69. The van der Waals surface area contributed by atoms with Crippen LogP contribution in [0.4, 0.5) is 4.39 Å². The summed E-state index contributed by atoms with van der Waals surface area (Å²) in [5, 5.41) is 3.71. The molecule has 1 atom stereocenters. The third-order valence-corrected chi connectivity index (χ3v) is 4.41. The molecule has 0 aliphatic rings. The molecule has 1 amide bonds. The van der Waals surface area contributed by atoms with Crippen LogP contribution >= 0.6 is 24.8 Å². The Morgan fingerprint density at radius 2 is 1.79 bits per heavy atom. The fourth-order valence-corrected chi connectivity index (χ4v) is 2.94. The number of carbonyl (C=O) groups excluding carboxylic acids is 1. The molecule has 1 heterocycles. The van der Waals surface area contributed by atoms with Crippen molar-refractivity contribution in [2.45, 2.75) is 18.9 Å². The van der Waals surface area contributed by atoms with Crippen LogP contribution in [0, 0.1) is 5.82 Å². The predicted octanol–water partition coefficient (Wildman–Crippen LogP) is 3.61. The van der Waals surface area contributed by atoms with Crippen molar-refractivity contribution in [2.24, 2.45) is 11.5 Å². The quantitative estimate of drug-likeness (QED) is 0.464. The second kappa shape index (κ2) is 11.0. The van der Waals surface area contributed by atoms with Gasteiger partial charge in [-0.1, -0.05) is 24.3 Å². The molecule has 0 fully saturated rings. The second-order valence-corrected chi connectivity index (χ2v) is 6.37. The zero-order valence-corrected chi connectivity index (χ0v) is 16.9. The highest BCUT2D eigenvalue weighted by atomic mass is 35.5. The Bertz CT molecular complexity index is 899. The first-order chi connectivity index (χ1) is 12.6. The van der Waals surface area contributed by atoms with Crippen LogP contribution < -0.4 is 16.8 Å². The molecule has 8 heteroatoms. The fraction of sp³-hybridized carbons (Fsp3) is 0.250. The minimum Gasteiger partial charge on any atom is -0.360 e. The molecule has 0 saturated carbocycles. The Morgan fingerprint density at radius 1 is 1.11 bits per heavy atom. The summed E-state index contributed by atoms with van der Waals surface area (Å²) in [4.78, 5) is 15.6. The predicted molar refractivity (Wildman–Crippen MR) is 117 cm³/mol. The van der Waals surface area contributed by atoms with Crippen molar-refractivity contribution in [1.29, 1.82) is 0 Å². The van der Waals surface area contributed by atoms with E-state index in [0.717, 1.165) is 34.9 Å². The Morgan fingerprint density at radius 3 is 2.46 bits per heavy atom. The Labute approximate surface area is 175 Å². The number of H-pyrrole nitrogens is 1. The lowest BCUT2D eigenvalue weighted by Gasteiger charge is -2.11. The molecular formula is C20H25Cl2FN4O. The number of benzene rings is 2. The minimum atomic E-state index is -0.265. The number of halogens is 3. The molecule has 1 aromatic heterocycles. The number of hydrogen-bond donors (Lipinski definition) is 4. The van der Waals surface area contributed by atoms with Crippen molar-refractivity contribution in [3.05, 3.63) is 60.0 Å². The van der Waals surface area contributed by atoms with E-state index in [-0.39, 0.29) is 42.6 Å². The van der Waals surface area contributed by atoms with Crippen LogP contribution in [-0.4, -0.2) is 30.0 Å². The second-order valence-electron chi connectivity index (χ2n) is 6.37. The van der Waals surface area contributed by atoms with Gasteiger partial charge in [-0.15, -0.1) is 24.8 Å². The van der Waals surface area contributed by atoms with Gasteiger partial charge in [0.15, 0.2) is 0 Å². The van der Waals surface area contributed by atoms with E-state index in [2.05, 4.69) is 10.3 Å². The molecular weight excluding hydrogens is 402 g/mol. The third-order valence-electron chi connectivity index (χ3n) is 4.41. The summed E-state index contributed by atoms with van der Waals surface area (Å²) in [6.07, 6.45) is 3.32. The number of carbonyl (C=O) groups is 1. The first-order valence-corrected chi connectivity index (χ1v) is 8.69. The van der Waals surface area contributed by atoms with Crippen molar-refractivity contribution in [2.75, 3.05) is 13.1 Å². The van der Waals surface area contributed by atoms with Gasteiger partial charge >= 0.3 is 0 Å². The van der Waals surface area contributed by atoms with Gasteiger partial charge in [-0.2, -0.15) is 0 Å². The highest BCUT2D eigenvalue weighted by Gasteiger charge is 2.13. The van der Waals surface area contributed by atoms with E-state index in [1.165, 1.54) is 12.1 Å². The Balaban J connectivity index is 0.00000196. The SMILES string of the molecule is Cl.Cl.NCCC[C@H](N)CNC(=O)c1c[nH]c2cc(-c3ccc(F)cc3)ccc12. The monoisotopic (exact) mass is 426 g/mol. The van der Waals surface area contributed by atoms with E-state index in [1.54, 1.807) is 18.3 Å². The van der Waals surface area contributed by atoms with Gasteiger partial charge in [-0.3, -0.25) is 4.79 Å². The van der Waals surface area contributed by atoms with Crippen molar-refractivity contribution in [3.8, 4) is 11.1 Å². The average molecular weight is 427 g/mol. The summed E-state index contributed by atoms with van der Waals surface area (Å²) >= 11 is 0. The number of fused-ring (bicyclic) bond motifs is 1. The number of nitrogens with one attached hydrogen (secondary N) is 2. The maximum atomic E-state index is 13.1. The normalized spacial score (nSPS) is 11.4. The lowest BCUT2D eigenvalue weighted by Crippen LogP contribution is -2.37. The highest BCUT2D eigenvalue weighted by molar-refractivity contribution is 6.07. The standard InChI is InChI=1S/C20H23FN4O.2ClH/c21-15-6-3-13(4-7-15)14-5-8-17-18(12-24-19(17)10-14)20(26)25-11-16(23)2-1-9-22;;/h3-8,10,12,16,24H,1-2,9,11,22-23H2,(H,25,26);2*1H/t16-;;/m0../s1. The van der Waals surface area contributed by atoms with Gasteiger partial charge in [0.05, 0.1) is 5.56 Å². The highest BCUT2D eigenvalue weighted by Crippen LogP contribution is 2.26. The molecule has 3 aromatic rings. The van der Waals surface area contributed by atoms with E-state index in [9.17, 15) is 9.18 Å². The van der Waals surface area contributed by atoms with Gasteiger partial charge < -0.3 is 21.8 Å². The van der Waals surface area contributed by atoms with Crippen molar-refractivity contribution >= 4 is 41.6 Å². The molecule has 152 valence electrons. The Kier molecular flexibility index (Phi) is 9.41. The number of nitrogens with two attached hydrogens (primary N) is 2. The summed E-state index contributed by atoms with van der Waals surface area (Å²) in [6, 6.07) is 12.0. The molecule has 0 bridgehead atoms. The van der Waals surface area contributed by atoms with Gasteiger partial charge in [-0.05, 0) is 48.7 Å². The lowest BCUT2D eigenvalue weighted by molar-refractivity contribution is 0.0952. The molecule has 5 nitrogen and oxygen atoms in total. The minimum absolute atomic E-state index is 0. The van der Waals surface area contributed by atoms with E-state index in [0.29, 0.717) is 18.7 Å². The number of aromatic nitrogens is 1. The number of aromatic amines is 1. The van der Waals surface area contributed by atoms with Crippen LogP contribution in [0.1, 0.15) is 23.2 Å². The van der Waals surface area contributed by atoms with Crippen LogP contribution in [0.15, 0.2) is 48.7 Å². The van der Waals surface area contributed by atoms with Crippen LogP contribution in [0.5, 0.6) is 0 Å². The molecule has 0 saturated heterocycles. The van der Waals surface area contributed by atoms with Crippen LogP contribution in [0.3, 0.4) is 0 Å². The maximum absolute atomic E-state index is 13.1. The smallest absolute Gasteiger partial charge is 0.253 e. The van der Waals surface area contributed by atoms with Crippen molar-refractivity contribution in [1.82, 2.24) is 10.3 Å². The molecule has 28 heavy (non-hydrogen) atoms. The lowest BCUT2D eigenvalue weighted by atomic mass is 10.0. The summed E-state index contributed by atoms with van der Waals surface area (Å²) in [5.41, 5.74) is 14.7. The van der Waals surface area contributed by atoms with Crippen molar-refractivity contribution in [3.63, 3.8) is 0 Å². The van der Waals surface area contributed by atoms with Crippen LogP contribution in [0.25, 0.3) is 22.0 Å². The molecule has 3 rings (SSSR count). The zero-order valence-electron chi connectivity index (χ0n) is 15.3. The van der Waals surface area contributed by atoms with Crippen LogP contribution in [-0.2, 0) is 0 Å². The summed E-state index contributed by atoms with van der Waals surface area (Å²) in [7, 11) is 0. The largest absolute Gasteiger partial charge is 0.360 e. The average Bonchev–Trinajstić information content (AvgIpc) is 3.08.